The fourth-order valence-corrected chi connectivity index (χ4v) is 2.10. The first kappa shape index (κ1) is 16.7. The topological polar surface area (TPSA) is 97.1 Å². The lowest BCUT2D eigenvalue weighted by Gasteiger charge is -2.33. The lowest BCUT2D eigenvalue weighted by atomic mass is 9.85. The molecule has 0 fully saturated rings. The molecule has 0 spiro atoms. The third kappa shape index (κ3) is 3.94. The number of rotatable bonds is 6. The Morgan fingerprint density at radius 1 is 1.30 bits per heavy atom. The van der Waals surface area contributed by atoms with Crippen LogP contribution in [0.15, 0.2) is 36.5 Å². The smallest absolute Gasteiger partial charge is 0.305 e. The van der Waals surface area contributed by atoms with Crippen LogP contribution in [0.3, 0.4) is 0 Å². The van der Waals surface area contributed by atoms with Gasteiger partial charge in [-0.3, -0.25) is 9.59 Å². The van der Waals surface area contributed by atoms with E-state index in [0.717, 1.165) is 5.69 Å². The lowest BCUT2D eigenvalue weighted by Crippen LogP contribution is -2.51. The summed E-state index contributed by atoms with van der Waals surface area (Å²) in [5.74, 6) is -1.45. The Morgan fingerprint density at radius 2 is 1.96 bits per heavy atom. The van der Waals surface area contributed by atoms with Crippen molar-refractivity contribution in [2.75, 3.05) is 0 Å². The summed E-state index contributed by atoms with van der Waals surface area (Å²) in [5, 5.41) is 19.6. The number of nitrogens with zero attached hydrogens (tertiary/aromatic N) is 3. The van der Waals surface area contributed by atoms with Gasteiger partial charge in [0.05, 0.1) is 23.8 Å². The summed E-state index contributed by atoms with van der Waals surface area (Å²) in [4.78, 5) is 23.4. The predicted molar refractivity (Wildman–Crippen MR) is 84.3 cm³/mol. The molecule has 7 nitrogen and oxygen atoms in total. The van der Waals surface area contributed by atoms with Gasteiger partial charge in [0.2, 0.25) is 0 Å². The third-order valence-corrected chi connectivity index (χ3v) is 3.94. The minimum Gasteiger partial charge on any atom is -0.481 e. The van der Waals surface area contributed by atoms with E-state index >= 15 is 0 Å². The molecule has 2 aromatic rings. The maximum atomic E-state index is 12.4. The number of carboxylic acids is 1. The van der Waals surface area contributed by atoms with Crippen LogP contribution in [0, 0.1) is 5.92 Å². The van der Waals surface area contributed by atoms with Crippen LogP contribution in [0.5, 0.6) is 0 Å². The van der Waals surface area contributed by atoms with Gasteiger partial charge in [0.1, 0.15) is 0 Å². The molecule has 1 aromatic carbocycles. The van der Waals surface area contributed by atoms with Crippen molar-refractivity contribution < 1.29 is 14.7 Å². The number of carboxylic acid groups (broad SMARTS) is 1. The van der Waals surface area contributed by atoms with E-state index < -0.39 is 17.4 Å². The number of hydrogen-bond acceptors (Lipinski definition) is 4. The van der Waals surface area contributed by atoms with Crippen molar-refractivity contribution in [3.8, 4) is 5.69 Å². The first-order valence-electron chi connectivity index (χ1n) is 7.34. The second kappa shape index (κ2) is 6.60. The van der Waals surface area contributed by atoms with Gasteiger partial charge in [-0.1, -0.05) is 37.3 Å². The number of aromatic nitrogens is 3. The maximum Gasteiger partial charge on any atom is 0.305 e. The summed E-state index contributed by atoms with van der Waals surface area (Å²) in [7, 11) is 0. The van der Waals surface area contributed by atoms with Crippen molar-refractivity contribution in [1.82, 2.24) is 20.3 Å². The maximum absolute atomic E-state index is 12.4. The first-order chi connectivity index (χ1) is 10.8. The van der Waals surface area contributed by atoms with E-state index in [9.17, 15) is 9.59 Å². The monoisotopic (exact) mass is 316 g/mol. The van der Waals surface area contributed by atoms with E-state index in [-0.39, 0.29) is 18.0 Å². The van der Waals surface area contributed by atoms with E-state index in [2.05, 4.69) is 15.6 Å². The molecule has 0 aliphatic heterocycles. The third-order valence-electron chi connectivity index (χ3n) is 3.94. The quantitative estimate of drug-likeness (QED) is 0.848. The molecule has 7 heteroatoms. The van der Waals surface area contributed by atoms with E-state index in [4.69, 9.17) is 5.11 Å². The van der Waals surface area contributed by atoms with Gasteiger partial charge in [0.15, 0.2) is 5.69 Å². The molecule has 2 rings (SSSR count). The zero-order valence-electron chi connectivity index (χ0n) is 13.4. The van der Waals surface area contributed by atoms with Crippen LogP contribution in [0.25, 0.3) is 5.69 Å². The van der Waals surface area contributed by atoms with Crippen LogP contribution < -0.4 is 5.32 Å². The first-order valence-corrected chi connectivity index (χ1v) is 7.34. The average molecular weight is 316 g/mol. The second-order valence-corrected chi connectivity index (χ2v) is 5.98. The Balaban J connectivity index is 2.17. The zero-order valence-corrected chi connectivity index (χ0v) is 13.4. The molecule has 0 radical (unpaired) electrons. The number of aliphatic carboxylic acids is 1. The number of para-hydroxylation sites is 1. The van der Waals surface area contributed by atoms with E-state index in [1.54, 1.807) is 6.92 Å². The van der Waals surface area contributed by atoms with Crippen LogP contribution >= 0.6 is 0 Å². The Hall–Kier alpha value is -2.70. The van der Waals surface area contributed by atoms with Crippen molar-refractivity contribution in [3.63, 3.8) is 0 Å². The van der Waals surface area contributed by atoms with Crippen LogP contribution in [0.2, 0.25) is 0 Å². The number of hydrogen-bond donors (Lipinski definition) is 2. The zero-order chi connectivity index (χ0) is 17.0. The largest absolute Gasteiger partial charge is 0.481 e. The minimum atomic E-state index is -0.963. The fraction of sp³-hybridized carbons (Fsp3) is 0.375. The number of carbonyl (C=O) groups excluding carboxylic acids is 1. The van der Waals surface area contributed by atoms with Gasteiger partial charge in [0, 0.05) is 0 Å². The highest BCUT2D eigenvalue weighted by atomic mass is 16.4. The molecular weight excluding hydrogens is 296 g/mol. The molecule has 1 aromatic heterocycles. The summed E-state index contributed by atoms with van der Waals surface area (Å²) in [6, 6.07) is 9.30. The van der Waals surface area contributed by atoms with E-state index in [1.807, 2.05) is 44.2 Å². The molecule has 1 amide bonds. The van der Waals surface area contributed by atoms with Gasteiger partial charge in [-0.15, -0.1) is 5.10 Å². The molecule has 1 heterocycles. The van der Waals surface area contributed by atoms with Crippen molar-refractivity contribution in [2.45, 2.75) is 32.7 Å². The summed E-state index contributed by atoms with van der Waals surface area (Å²) >= 11 is 0. The summed E-state index contributed by atoms with van der Waals surface area (Å²) in [5.41, 5.74) is 0.0710. The average Bonchev–Trinajstić information content (AvgIpc) is 2.97. The van der Waals surface area contributed by atoms with Gasteiger partial charge in [-0.05, 0) is 25.0 Å². The number of amides is 1. The molecule has 0 aliphatic rings. The van der Waals surface area contributed by atoms with Crippen molar-refractivity contribution in [1.29, 1.82) is 0 Å². The Bertz CT molecular complexity index is 696. The van der Waals surface area contributed by atoms with E-state index in [1.165, 1.54) is 10.9 Å². The highest BCUT2D eigenvalue weighted by Gasteiger charge is 2.33. The summed E-state index contributed by atoms with van der Waals surface area (Å²) in [6.45, 7) is 5.44. The Labute approximate surface area is 134 Å². The highest BCUT2D eigenvalue weighted by Crippen LogP contribution is 2.21. The SMILES string of the molecule is CC(C)C(C)(CC(=O)O)NC(=O)c1cn(-c2ccccc2)nn1. The van der Waals surface area contributed by atoms with Gasteiger partial charge in [-0.2, -0.15) is 0 Å². The molecule has 0 saturated carbocycles. The Kier molecular flexibility index (Phi) is 4.78. The van der Waals surface area contributed by atoms with Gasteiger partial charge in [-0.25, -0.2) is 4.68 Å². The van der Waals surface area contributed by atoms with Crippen LogP contribution in [-0.4, -0.2) is 37.5 Å². The molecule has 1 atom stereocenters. The van der Waals surface area contributed by atoms with Crippen molar-refractivity contribution in [2.24, 2.45) is 5.92 Å². The molecule has 1 unspecified atom stereocenters. The molecule has 23 heavy (non-hydrogen) atoms. The summed E-state index contributed by atoms with van der Waals surface area (Å²) < 4.78 is 1.50. The van der Waals surface area contributed by atoms with Gasteiger partial charge >= 0.3 is 5.97 Å². The standard InChI is InChI=1S/C16H20N4O3/c1-11(2)16(3,9-14(21)22)17-15(23)13-10-20(19-18-13)12-7-5-4-6-8-12/h4-8,10-11H,9H2,1-3H3,(H,17,23)(H,21,22). The van der Waals surface area contributed by atoms with Crippen molar-refractivity contribution >= 4 is 11.9 Å². The number of benzene rings is 1. The molecule has 0 aliphatic carbocycles. The highest BCUT2D eigenvalue weighted by molar-refractivity contribution is 5.92. The van der Waals surface area contributed by atoms with Gasteiger partial charge < -0.3 is 10.4 Å². The minimum absolute atomic E-state index is 0.0493. The van der Waals surface area contributed by atoms with Crippen molar-refractivity contribution in [3.05, 3.63) is 42.2 Å². The Morgan fingerprint density at radius 3 is 2.52 bits per heavy atom. The van der Waals surface area contributed by atoms with Crippen LogP contribution in [0.1, 0.15) is 37.7 Å². The fourth-order valence-electron chi connectivity index (χ4n) is 2.10. The molecule has 0 bridgehead atoms. The molecule has 2 N–H and O–H groups in total. The predicted octanol–water partition coefficient (Wildman–Crippen LogP) is 1.89. The molecule has 122 valence electrons. The summed E-state index contributed by atoms with van der Waals surface area (Å²) in [6.07, 6.45) is 1.36. The van der Waals surface area contributed by atoms with Crippen LogP contribution in [0.4, 0.5) is 0 Å². The number of carbonyl (C=O) groups is 2. The lowest BCUT2D eigenvalue weighted by molar-refractivity contribution is -0.138. The van der Waals surface area contributed by atoms with Gasteiger partial charge in [0.25, 0.3) is 5.91 Å². The molecular formula is C16H20N4O3. The van der Waals surface area contributed by atoms with E-state index in [0.29, 0.717) is 0 Å². The normalized spacial score (nSPS) is 13.6. The molecule has 0 saturated heterocycles. The number of nitrogens with one attached hydrogen (secondary N) is 1. The second-order valence-electron chi connectivity index (χ2n) is 5.98. The van der Waals surface area contributed by atoms with Crippen LogP contribution in [-0.2, 0) is 4.79 Å².